The molecule has 2 aromatic rings. The number of carboxylic acid groups (broad SMARTS) is 1. The fourth-order valence-electron chi connectivity index (χ4n) is 1.47. The van der Waals surface area contributed by atoms with Crippen LogP contribution in [0.5, 0.6) is 0 Å². The monoisotopic (exact) mass is 291 g/mol. The Labute approximate surface area is 109 Å². The van der Waals surface area contributed by atoms with Gasteiger partial charge in [0.2, 0.25) is 11.6 Å². The molecule has 0 spiro atoms. The topological polar surface area (TPSA) is 107 Å². The van der Waals surface area contributed by atoms with Crippen LogP contribution in [0.2, 0.25) is 0 Å². The summed E-state index contributed by atoms with van der Waals surface area (Å²) in [6.07, 6.45) is -4.46. The number of aromatic carboxylic acids is 1. The fourth-order valence-corrected chi connectivity index (χ4v) is 1.47. The minimum Gasteiger partial charge on any atom is -0.476 e. The molecular weight excluding hydrogens is 283 g/mol. The van der Waals surface area contributed by atoms with Gasteiger partial charge in [0.1, 0.15) is 6.54 Å². The van der Waals surface area contributed by atoms with Gasteiger partial charge in [-0.2, -0.15) is 18.2 Å². The molecule has 108 valence electrons. The molecule has 20 heavy (non-hydrogen) atoms. The molecule has 0 aromatic carbocycles. The number of aromatic nitrogens is 5. The van der Waals surface area contributed by atoms with Crippen molar-refractivity contribution in [3.05, 3.63) is 23.1 Å². The first-order valence-electron chi connectivity index (χ1n) is 5.38. The van der Waals surface area contributed by atoms with E-state index in [-0.39, 0.29) is 5.89 Å². The molecule has 0 aliphatic rings. The average molecular weight is 291 g/mol. The van der Waals surface area contributed by atoms with Gasteiger partial charge in [0.25, 0.3) is 0 Å². The molecule has 2 heterocycles. The molecule has 0 amide bonds. The maximum atomic E-state index is 12.8. The minimum absolute atomic E-state index is 0.116. The number of carbonyl (C=O) groups is 1. The SMILES string of the molecule is CCc1noc(Cn2nnc(C(=O)O)c2C(F)(F)F)n1. The number of carboxylic acids is 1. The summed E-state index contributed by atoms with van der Waals surface area (Å²) in [7, 11) is 0. The molecule has 11 heteroatoms. The van der Waals surface area contributed by atoms with Gasteiger partial charge < -0.3 is 9.63 Å². The van der Waals surface area contributed by atoms with Crippen molar-refractivity contribution in [2.75, 3.05) is 0 Å². The van der Waals surface area contributed by atoms with E-state index in [1.807, 2.05) is 0 Å². The van der Waals surface area contributed by atoms with Crippen LogP contribution in [-0.2, 0) is 19.1 Å². The van der Waals surface area contributed by atoms with Gasteiger partial charge in [-0.15, -0.1) is 5.10 Å². The number of hydrogen-bond donors (Lipinski definition) is 1. The smallest absolute Gasteiger partial charge is 0.435 e. The van der Waals surface area contributed by atoms with Gasteiger partial charge in [-0.25, -0.2) is 9.48 Å². The Balaban J connectivity index is 2.39. The maximum absolute atomic E-state index is 12.8. The lowest BCUT2D eigenvalue weighted by Gasteiger charge is -2.08. The Morgan fingerprint density at radius 3 is 2.65 bits per heavy atom. The summed E-state index contributed by atoms with van der Waals surface area (Å²) in [6, 6.07) is 0. The van der Waals surface area contributed by atoms with E-state index >= 15 is 0 Å². The lowest BCUT2D eigenvalue weighted by atomic mass is 10.3. The lowest BCUT2D eigenvalue weighted by molar-refractivity contribution is -0.144. The zero-order chi connectivity index (χ0) is 14.9. The molecule has 0 bridgehead atoms. The van der Waals surface area contributed by atoms with Crippen LogP contribution in [0, 0.1) is 0 Å². The van der Waals surface area contributed by atoms with E-state index in [1.165, 1.54) is 0 Å². The highest BCUT2D eigenvalue weighted by atomic mass is 19.4. The van der Waals surface area contributed by atoms with Crippen LogP contribution in [0.3, 0.4) is 0 Å². The van der Waals surface area contributed by atoms with Gasteiger partial charge in [-0.3, -0.25) is 0 Å². The van der Waals surface area contributed by atoms with Crippen molar-refractivity contribution >= 4 is 5.97 Å². The van der Waals surface area contributed by atoms with E-state index in [0.717, 1.165) is 0 Å². The summed E-state index contributed by atoms with van der Waals surface area (Å²) in [5, 5.41) is 18.4. The Morgan fingerprint density at radius 1 is 1.45 bits per heavy atom. The normalized spacial score (nSPS) is 11.8. The minimum atomic E-state index is -4.91. The summed E-state index contributed by atoms with van der Waals surface area (Å²) in [6.45, 7) is 1.23. The standard InChI is InChI=1S/C9H8F3N5O3/c1-2-4-13-5(20-15-4)3-17-7(9(10,11)12)6(8(18)19)14-16-17/h2-3H2,1H3,(H,18,19). The van der Waals surface area contributed by atoms with Crippen molar-refractivity contribution in [1.29, 1.82) is 0 Å². The second-order valence-corrected chi connectivity index (χ2v) is 3.71. The van der Waals surface area contributed by atoms with Gasteiger partial charge in [0.15, 0.2) is 11.5 Å². The number of hydrogen-bond acceptors (Lipinski definition) is 6. The van der Waals surface area contributed by atoms with Crippen molar-refractivity contribution in [3.63, 3.8) is 0 Å². The van der Waals surface area contributed by atoms with Gasteiger partial charge >= 0.3 is 12.1 Å². The van der Waals surface area contributed by atoms with Gasteiger partial charge in [-0.05, 0) is 0 Å². The molecule has 8 nitrogen and oxygen atoms in total. The quantitative estimate of drug-likeness (QED) is 0.894. The first-order chi connectivity index (χ1) is 9.32. The molecule has 0 saturated carbocycles. The second kappa shape index (κ2) is 4.90. The Kier molecular flexibility index (Phi) is 3.42. The molecule has 0 unspecified atom stereocenters. The Morgan fingerprint density at radius 2 is 2.15 bits per heavy atom. The summed E-state index contributed by atoms with van der Waals surface area (Å²) in [4.78, 5) is 14.5. The van der Waals surface area contributed by atoms with E-state index in [1.54, 1.807) is 6.92 Å². The summed E-state index contributed by atoms with van der Waals surface area (Å²) in [5.41, 5.74) is -2.64. The number of halogens is 3. The molecule has 0 saturated heterocycles. The third-order valence-electron chi connectivity index (χ3n) is 2.32. The van der Waals surface area contributed by atoms with Crippen LogP contribution in [0.4, 0.5) is 13.2 Å². The van der Waals surface area contributed by atoms with Crippen molar-refractivity contribution < 1.29 is 27.6 Å². The Bertz CT molecular complexity index is 633. The van der Waals surface area contributed by atoms with E-state index in [0.29, 0.717) is 16.9 Å². The van der Waals surface area contributed by atoms with Crippen LogP contribution < -0.4 is 0 Å². The van der Waals surface area contributed by atoms with Gasteiger partial charge in [0, 0.05) is 6.42 Å². The van der Waals surface area contributed by atoms with Crippen LogP contribution in [-0.4, -0.2) is 36.2 Å². The van der Waals surface area contributed by atoms with E-state index < -0.39 is 30.1 Å². The molecule has 0 aliphatic heterocycles. The number of nitrogens with zero attached hydrogens (tertiary/aromatic N) is 5. The van der Waals surface area contributed by atoms with E-state index in [9.17, 15) is 18.0 Å². The lowest BCUT2D eigenvalue weighted by Crippen LogP contribution is -2.19. The maximum Gasteiger partial charge on any atom is 0.435 e. The summed E-state index contributed by atoms with van der Waals surface area (Å²) in [5.74, 6) is -1.61. The zero-order valence-electron chi connectivity index (χ0n) is 10.0. The first kappa shape index (κ1) is 14.0. The Hall–Kier alpha value is -2.46. The largest absolute Gasteiger partial charge is 0.476 e. The highest BCUT2D eigenvalue weighted by Gasteiger charge is 2.41. The van der Waals surface area contributed by atoms with Crippen molar-refractivity contribution in [2.45, 2.75) is 26.1 Å². The molecule has 2 rings (SSSR count). The fraction of sp³-hybridized carbons (Fsp3) is 0.444. The van der Waals surface area contributed by atoms with Crippen molar-refractivity contribution in [3.8, 4) is 0 Å². The third-order valence-corrected chi connectivity index (χ3v) is 2.32. The predicted molar refractivity (Wildman–Crippen MR) is 54.8 cm³/mol. The highest BCUT2D eigenvalue weighted by Crippen LogP contribution is 2.31. The number of alkyl halides is 3. The van der Waals surface area contributed by atoms with Crippen LogP contribution in [0.1, 0.15) is 34.8 Å². The van der Waals surface area contributed by atoms with Crippen molar-refractivity contribution in [1.82, 2.24) is 25.1 Å². The van der Waals surface area contributed by atoms with E-state index in [2.05, 4.69) is 20.5 Å². The first-order valence-corrected chi connectivity index (χ1v) is 5.38. The molecule has 2 aromatic heterocycles. The molecule has 0 atom stereocenters. The number of rotatable bonds is 4. The second-order valence-electron chi connectivity index (χ2n) is 3.71. The van der Waals surface area contributed by atoms with Crippen LogP contribution >= 0.6 is 0 Å². The third kappa shape index (κ3) is 2.60. The molecule has 0 aliphatic carbocycles. The molecule has 0 fully saturated rings. The van der Waals surface area contributed by atoms with Crippen LogP contribution in [0.15, 0.2) is 4.52 Å². The highest BCUT2D eigenvalue weighted by molar-refractivity contribution is 5.86. The van der Waals surface area contributed by atoms with Crippen LogP contribution in [0.25, 0.3) is 0 Å². The van der Waals surface area contributed by atoms with Gasteiger partial charge in [-0.1, -0.05) is 17.3 Å². The van der Waals surface area contributed by atoms with Gasteiger partial charge in [0.05, 0.1) is 0 Å². The molecular formula is C9H8F3N5O3. The predicted octanol–water partition coefficient (Wildman–Crippen LogP) is 0.989. The summed E-state index contributed by atoms with van der Waals surface area (Å²) >= 11 is 0. The average Bonchev–Trinajstić information content (AvgIpc) is 2.95. The van der Waals surface area contributed by atoms with Crippen molar-refractivity contribution in [2.24, 2.45) is 0 Å². The zero-order valence-corrected chi connectivity index (χ0v) is 10.0. The molecule has 1 N–H and O–H groups in total. The summed E-state index contributed by atoms with van der Waals surface area (Å²) < 4.78 is 43.6. The number of aryl methyl sites for hydroxylation is 1. The van der Waals surface area contributed by atoms with E-state index in [4.69, 9.17) is 9.63 Å². The molecule has 0 radical (unpaired) electrons.